The van der Waals surface area contributed by atoms with Gasteiger partial charge >= 0.3 is 0 Å². The van der Waals surface area contributed by atoms with Crippen molar-refractivity contribution in [2.24, 2.45) is 4.99 Å². The van der Waals surface area contributed by atoms with Crippen molar-refractivity contribution in [1.29, 1.82) is 0 Å². The molecule has 0 aliphatic carbocycles. The third-order valence-corrected chi connectivity index (χ3v) is 3.32. The molecule has 0 amide bonds. The van der Waals surface area contributed by atoms with Gasteiger partial charge in [-0.25, -0.2) is 0 Å². The SMILES string of the molecule is CN1CCN=C1NCc1ccc2c(c1)OCCCO2.I. The Balaban J connectivity index is 0.00000147. The number of benzene rings is 1. The van der Waals surface area contributed by atoms with Gasteiger partial charge in [-0.05, 0) is 17.7 Å². The molecule has 0 aromatic heterocycles. The molecule has 5 nitrogen and oxygen atoms in total. The second-order valence-electron chi connectivity index (χ2n) is 4.81. The van der Waals surface area contributed by atoms with E-state index in [9.17, 15) is 0 Å². The van der Waals surface area contributed by atoms with Crippen molar-refractivity contribution in [3.8, 4) is 11.5 Å². The zero-order chi connectivity index (χ0) is 13.1. The molecule has 1 N–H and O–H groups in total. The first-order valence-corrected chi connectivity index (χ1v) is 6.71. The Bertz CT molecular complexity index is 493. The molecule has 1 aromatic carbocycles. The summed E-state index contributed by atoms with van der Waals surface area (Å²) in [5, 5.41) is 3.35. The fourth-order valence-electron chi connectivity index (χ4n) is 2.22. The predicted molar refractivity (Wildman–Crippen MR) is 89.2 cm³/mol. The minimum absolute atomic E-state index is 0. The van der Waals surface area contributed by atoms with Gasteiger partial charge in [-0.15, -0.1) is 24.0 Å². The van der Waals surface area contributed by atoms with Gasteiger partial charge < -0.3 is 19.7 Å². The van der Waals surface area contributed by atoms with Crippen molar-refractivity contribution >= 4 is 29.9 Å². The molecule has 0 saturated carbocycles. The smallest absolute Gasteiger partial charge is 0.194 e. The Kier molecular flexibility index (Phi) is 5.33. The topological polar surface area (TPSA) is 46.1 Å². The molecule has 2 aliphatic heterocycles. The Morgan fingerprint density at radius 1 is 1.25 bits per heavy atom. The molecule has 1 aromatic rings. The Morgan fingerprint density at radius 2 is 2.05 bits per heavy atom. The van der Waals surface area contributed by atoms with Crippen LogP contribution in [0, 0.1) is 0 Å². The number of ether oxygens (including phenoxy) is 2. The molecular formula is C14H20IN3O2. The van der Waals surface area contributed by atoms with Gasteiger partial charge in [0.15, 0.2) is 17.5 Å². The van der Waals surface area contributed by atoms with Crippen LogP contribution in [0.2, 0.25) is 0 Å². The molecule has 6 heteroatoms. The molecule has 3 rings (SSSR count). The van der Waals surface area contributed by atoms with Gasteiger partial charge in [-0.1, -0.05) is 6.07 Å². The average molecular weight is 389 g/mol. The summed E-state index contributed by atoms with van der Waals surface area (Å²) in [5.74, 6) is 2.65. The van der Waals surface area contributed by atoms with E-state index in [0.29, 0.717) is 0 Å². The summed E-state index contributed by atoms with van der Waals surface area (Å²) in [6.07, 6.45) is 0.934. The van der Waals surface area contributed by atoms with Gasteiger partial charge in [0, 0.05) is 26.6 Å². The van der Waals surface area contributed by atoms with Crippen molar-refractivity contribution in [3.63, 3.8) is 0 Å². The molecule has 0 bridgehead atoms. The van der Waals surface area contributed by atoms with Crippen LogP contribution in [0.3, 0.4) is 0 Å². The van der Waals surface area contributed by atoms with Crippen molar-refractivity contribution in [1.82, 2.24) is 10.2 Å². The van der Waals surface area contributed by atoms with Crippen molar-refractivity contribution < 1.29 is 9.47 Å². The number of hydrogen-bond acceptors (Lipinski definition) is 5. The quantitative estimate of drug-likeness (QED) is 0.785. The van der Waals surface area contributed by atoms with Crippen LogP contribution in [-0.4, -0.2) is 44.2 Å². The first-order chi connectivity index (χ1) is 9.33. The minimum atomic E-state index is 0. The van der Waals surface area contributed by atoms with Crippen LogP contribution in [0.5, 0.6) is 11.5 Å². The van der Waals surface area contributed by atoms with E-state index in [1.54, 1.807) is 0 Å². The number of likely N-dealkylation sites (N-methyl/N-ethyl adjacent to an activating group) is 1. The van der Waals surface area contributed by atoms with Gasteiger partial charge in [0.25, 0.3) is 0 Å². The molecule has 0 unspecified atom stereocenters. The van der Waals surface area contributed by atoms with Gasteiger partial charge in [0.05, 0.1) is 19.8 Å². The molecule has 110 valence electrons. The molecule has 2 aliphatic rings. The molecule has 0 fully saturated rings. The van der Waals surface area contributed by atoms with E-state index in [1.165, 1.54) is 5.56 Å². The summed E-state index contributed by atoms with van der Waals surface area (Å²) in [4.78, 5) is 6.54. The summed E-state index contributed by atoms with van der Waals surface area (Å²) >= 11 is 0. The van der Waals surface area contributed by atoms with Crippen LogP contribution < -0.4 is 14.8 Å². The number of halogens is 1. The number of nitrogens with zero attached hydrogens (tertiary/aromatic N) is 2. The standard InChI is InChI=1S/C14H19N3O2.HI/c1-17-6-5-15-14(17)16-10-11-3-4-12-13(9-11)19-8-2-7-18-12;/h3-4,9H,2,5-8,10H2,1H3,(H,15,16);1H. The predicted octanol–water partition coefficient (Wildman–Crippen LogP) is 1.86. The van der Waals surface area contributed by atoms with Gasteiger partial charge in [0.2, 0.25) is 0 Å². The van der Waals surface area contributed by atoms with Crippen LogP contribution in [0.15, 0.2) is 23.2 Å². The van der Waals surface area contributed by atoms with Gasteiger partial charge in [-0.2, -0.15) is 0 Å². The van der Waals surface area contributed by atoms with E-state index in [1.807, 2.05) is 19.2 Å². The fraction of sp³-hybridized carbons (Fsp3) is 0.500. The van der Waals surface area contributed by atoms with Crippen molar-refractivity contribution in [2.45, 2.75) is 13.0 Å². The normalized spacial score (nSPS) is 17.1. The molecule has 0 spiro atoms. The number of fused-ring (bicyclic) bond motifs is 1. The first kappa shape index (κ1) is 15.2. The highest BCUT2D eigenvalue weighted by atomic mass is 127. The highest BCUT2D eigenvalue weighted by Gasteiger charge is 2.13. The van der Waals surface area contributed by atoms with Gasteiger partial charge in [-0.3, -0.25) is 4.99 Å². The lowest BCUT2D eigenvalue weighted by Crippen LogP contribution is -2.35. The largest absolute Gasteiger partial charge is 0.490 e. The fourth-order valence-corrected chi connectivity index (χ4v) is 2.22. The number of rotatable bonds is 2. The second kappa shape index (κ2) is 7.01. The number of hydrogen-bond donors (Lipinski definition) is 1. The number of guanidine groups is 1. The summed E-state index contributed by atoms with van der Waals surface area (Å²) in [5.41, 5.74) is 1.17. The maximum atomic E-state index is 5.69. The lowest BCUT2D eigenvalue weighted by atomic mass is 10.2. The van der Waals surface area contributed by atoms with Crippen molar-refractivity contribution in [2.75, 3.05) is 33.4 Å². The summed E-state index contributed by atoms with van der Waals surface area (Å²) in [6.45, 7) is 4.06. The van der Waals surface area contributed by atoms with E-state index in [-0.39, 0.29) is 24.0 Å². The van der Waals surface area contributed by atoms with Crippen molar-refractivity contribution in [3.05, 3.63) is 23.8 Å². The minimum Gasteiger partial charge on any atom is -0.490 e. The highest BCUT2D eigenvalue weighted by Crippen LogP contribution is 2.30. The molecular weight excluding hydrogens is 369 g/mol. The Hall–Kier alpha value is -1.18. The summed E-state index contributed by atoms with van der Waals surface area (Å²) < 4.78 is 11.3. The number of aliphatic imine (C=N–C) groups is 1. The van der Waals surface area contributed by atoms with Crippen LogP contribution >= 0.6 is 24.0 Å². The van der Waals surface area contributed by atoms with Crippen LogP contribution in [-0.2, 0) is 6.54 Å². The lowest BCUT2D eigenvalue weighted by Gasteiger charge is -2.16. The zero-order valence-electron chi connectivity index (χ0n) is 11.6. The van der Waals surface area contributed by atoms with Crippen LogP contribution in [0.1, 0.15) is 12.0 Å². The lowest BCUT2D eigenvalue weighted by molar-refractivity contribution is 0.297. The molecule has 0 saturated heterocycles. The summed E-state index contributed by atoms with van der Waals surface area (Å²) in [6, 6.07) is 6.09. The van der Waals surface area contributed by atoms with Crippen LogP contribution in [0.25, 0.3) is 0 Å². The molecule has 2 heterocycles. The van der Waals surface area contributed by atoms with E-state index < -0.39 is 0 Å². The van der Waals surface area contributed by atoms with E-state index >= 15 is 0 Å². The molecule has 0 atom stereocenters. The number of nitrogens with one attached hydrogen (secondary N) is 1. The van der Waals surface area contributed by atoms with E-state index in [4.69, 9.17) is 9.47 Å². The average Bonchev–Trinajstić information content (AvgIpc) is 2.70. The van der Waals surface area contributed by atoms with E-state index in [0.717, 1.165) is 56.7 Å². The second-order valence-corrected chi connectivity index (χ2v) is 4.81. The van der Waals surface area contributed by atoms with Crippen LogP contribution in [0.4, 0.5) is 0 Å². The maximum absolute atomic E-state index is 5.69. The first-order valence-electron chi connectivity index (χ1n) is 6.71. The third-order valence-electron chi connectivity index (χ3n) is 3.32. The third kappa shape index (κ3) is 3.47. The zero-order valence-corrected chi connectivity index (χ0v) is 13.9. The monoisotopic (exact) mass is 389 g/mol. The summed E-state index contributed by atoms with van der Waals surface area (Å²) in [7, 11) is 2.05. The van der Waals surface area contributed by atoms with E-state index in [2.05, 4.69) is 21.3 Å². The Labute approximate surface area is 136 Å². The molecule has 0 radical (unpaired) electrons. The molecule has 20 heavy (non-hydrogen) atoms. The Morgan fingerprint density at radius 3 is 2.80 bits per heavy atom. The maximum Gasteiger partial charge on any atom is 0.194 e. The van der Waals surface area contributed by atoms with Gasteiger partial charge in [0.1, 0.15) is 0 Å². The highest BCUT2D eigenvalue weighted by molar-refractivity contribution is 14.0.